The first kappa shape index (κ1) is 17.6. The molecule has 4 rings (SSSR count). The lowest BCUT2D eigenvalue weighted by Crippen LogP contribution is -1.87. The van der Waals surface area contributed by atoms with Gasteiger partial charge in [-0.25, -0.2) is 9.97 Å². The number of hydrogen-bond acceptors (Lipinski definition) is 3. The molecule has 0 bridgehead atoms. The predicted octanol–water partition coefficient (Wildman–Crippen LogP) is 4.87. The average molecular weight is 296 g/mol. The molecule has 3 heterocycles. The van der Waals surface area contributed by atoms with E-state index in [2.05, 4.69) is 45.1 Å². The summed E-state index contributed by atoms with van der Waals surface area (Å²) in [5, 5.41) is 0. The highest BCUT2D eigenvalue weighted by atomic mass is 15.0. The number of aromatic amines is 1. The van der Waals surface area contributed by atoms with E-state index in [4.69, 9.17) is 0 Å². The van der Waals surface area contributed by atoms with Crippen LogP contribution in [0.3, 0.4) is 0 Å². The molecule has 2 aromatic heterocycles. The fourth-order valence-corrected chi connectivity index (χ4v) is 2.26. The lowest BCUT2D eigenvalue weighted by molar-refractivity contribution is 1.16. The summed E-state index contributed by atoms with van der Waals surface area (Å²) in [6.45, 7) is 3.99. The zero-order chi connectivity index (χ0) is 13.9. The van der Waals surface area contributed by atoms with Gasteiger partial charge in [0.25, 0.3) is 0 Å². The highest BCUT2D eigenvalue weighted by Crippen LogP contribution is 2.25. The summed E-state index contributed by atoms with van der Waals surface area (Å²) in [7, 11) is 0. The first-order chi connectivity index (χ1) is 9.72. The number of aryl methyl sites for hydroxylation is 1. The van der Waals surface area contributed by atoms with Crippen LogP contribution in [0.5, 0.6) is 0 Å². The summed E-state index contributed by atoms with van der Waals surface area (Å²) >= 11 is 0. The second-order valence-electron chi connectivity index (χ2n) is 4.85. The van der Waals surface area contributed by atoms with Crippen molar-refractivity contribution in [2.75, 3.05) is 0 Å². The number of aromatic nitrogens is 3. The maximum absolute atomic E-state index is 4.37. The number of pyridine rings is 1. The third-order valence-corrected chi connectivity index (χ3v) is 3.13. The van der Waals surface area contributed by atoms with E-state index in [9.17, 15) is 0 Å². The first-order valence-electron chi connectivity index (χ1n) is 6.62. The molecule has 1 aliphatic rings. The van der Waals surface area contributed by atoms with E-state index in [-0.39, 0.29) is 14.9 Å². The molecule has 4 nitrogen and oxygen atoms in total. The van der Waals surface area contributed by atoms with Crippen molar-refractivity contribution in [3.05, 3.63) is 54.0 Å². The Morgan fingerprint density at radius 3 is 2.50 bits per heavy atom. The van der Waals surface area contributed by atoms with Gasteiger partial charge in [0.1, 0.15) is 5.82 Å². The van der Waals surface area contributed by atoms with Crippen LogP contribution < -0.4 is 0 Å². The molecule has 0 saturated carbocycles. The van der Waals surface area contributed by atoms with Gasteiger partial charge in [-0.1, -0.05) is 33.1 Å². The van der Waals surface area contributed by atoms with Crippen LogP contribution in [0.15, 0.2) is 47.6 Å². The maximum Gasteiger partial charge on any atom is 0.177 e. The number of nitrogens with one attached hydrogen (secondary N) is 1. The number of benzene rings is 1. The predicted molar refractivity (Wildman–Crippen MR) is 95.0 cm³/mol. The Balaban J connectivity index is 0.000000202. The molecule has 0 fully saturated rings. The molecular formula is C18H24N4. The normalized spacial score (nSPS) is 11.5. The highest BCUT2D eigenvalue weighted by Gasteiger charge is 2.08. The molecule has 1 aromatic carbocycles. The van der Waals surface area contributed by atoms with Crippen molar-refractivity contribution in [3.8, 4) is 0 Å². The molecule has 0 saturated heterocycles. The minimum atomic E-state index is 0. The topological polar surface area (TPSA) is 53.9 Å². The summed E-state index contributed by atoms with van der Waals surface area (Å²) in [5.74, 6) is 0.911. The molecule has 22 heavy (non-hydrogen) atoms. The van der Waals surface area contributed by atoms with Crippen LogP contribution in [0.4, 0.5) is 5.69 Å². The fourth-order valence-electron chi connectivity index (χ4n) is 2.26. The highest BCUT2D eigenvalue weighted by molar-refractivity contribution is 5.91. The van der Waals surface area contributed by atoms with Gasteiger partial charge in [0.05, 0.1) is 11.2 Å². The summed E-state index contributed by atoms with van der Waals surface area (Å²) in [6, 6.07) is 12.1. The number of hydrogen-bond donors (Lipinski definition) is 1. The largest absolute Gasteiger partial charge is 0.341 e. The summed E-state index contributed by atoms with van der Waals surface area (Å²) < 4.78 is 0. The molecule has 0 unspecified atom stereocenters. The van der Waals surface area contributed by atoms with E-state index in [1.807, 2.05) is 25.1 Å². The zero-order valence-electron chi connectivity index (χ0n) is 11.6. The van der Waals surface area contributed by atoms with Gasteiger partial charge >= 0.3 is 0 Å². The second-order valence-corrected chi connectivity index (χ2v) is 4.85. The number of para-hydroxylation sites is 1. The van der Waals surface area contributed by atoms with Gasteiger partial charge < -0.3 is 4.98 Å². The third-order valence-electron chi connectivity index (χ3n) is 3.13. The molecular weight excluding hydrogens is 272 g/mol. The van der Waals surface area contributed by atoms with Crippen molar-refractivity contribution < 1.29 is 0 Å². The molecule has 1 N–H and O–H groups in total. The maximum atomic E-state index is 4.37. The zero-order valence-corrected chi connectivity index (χ0v) is 11.6. The Kier molecular flexibility index (Phi) is 5.99. The lowest BCUT2D eigenvalue weighted by atomic mass is 10.1. The van der Waals surface area contributed by atoms with Crippen molar-refractivity contribution in [1.29, 1.82) is 0 Å². The van der Waals surface area contributed by atoms with Crippen LogP contribution in [0.25, 0.3) is 11.2 Å². The SMILES string of the molecule is C.C.CC1=Nc2ccccc2C1.Cc1nc2ncccc2[nH]1. The van der Waals surface area contributed by atoms with Crippen LogP contribution in [-0.2, 0) is 6.42 Å². The van der Waals surface area contributed by atoms with Crippen molar-refractivity contribution in [1.82, 2.24) is 15.0 Å². The summed E-state index contributed by atoms with van der Waals surface area (Å²) in [6.07, 6.45) is 2.78. The van der Waals surface area contributed by atoms with Gasteiger partial charge in [0.2, 0.25) is 0 Å². The van der Waals surface area contributed by atoms with Crippen molar-refractivity contribution in [2.24, 2.45) is 4.99 Å². The Morgan fingerprint density at radius 1 is 1.00 bits per heavy atom. The number of imidazole rings is 1. The van der Waals surface area contributed by atoms with Crippen LogP contribution in [0.1, 0.15) is 33.2 Å². The van der Waals surface area contributed by atoms with Crippen LogP contribution in [0.2, 0.25) is 0 Å². The third kappa shape index (κ3) is 3.79. The van der Waals surface area contributed by atoms with E-state index < -0.39 is 0 Å². The van der Waals surface area contributed by atoms with Crippen LogP contribution in [-0.4, -0.2) is 20.7 Å². The van der Waals surface area contributed by atoms with E-state index in [1.165, 1.54) is 11.3 Å². The van der Waals surface area contributed by atoms with Crippen molar-refractivity contribution in [2.45, 2.75) is 35.1 Å². The average Bonchev–Trinajstić information content (AvgIpc) is 2.99. The second kappa shape index (κ2) is 7.50. The van der Waals surface area contributed by atoms with Gasteiger partial charge in [-0.15, -0.1) is 0 Å². The van der Waals surface area contributed by atoms with Crippen molar-refractivity contribution in [3.63, 3.8) is 0 Å². The number of nitrogens with zero attached hydrogens (tertiary/aromatic N) is 3. The standard InChI is InChI=1S/C9H9N.C7H7N3.2CH4/c1-7-6-8-4-2-3-5-9(8)10-7;1-5-9-6-3-2-4-8-7(6)10-5;;/h2-5H,6H2,1H3;2-4H,1H3,(H,8,9,10);2*1H4. The molecule has 0 spiro atoms. The van der Waals surface area contributed by atoms with Gasteiger partial charge in [-0.3, -0.25) is 4.99 Å². The van der Waals surface area contributed by atoms with Crippen molar-refractivity contribution >= 4 is 22.6 Å². The Morgan fingerprint density at radius 2 is 1.77 bits per heavy atom. The molecule has 116 valence electrons. The van der Waals surface area contributed by atoms with Crippen LogP contribution in [0, 0.1) is 6.92 Å². The minimum absolute atomic E-state index is 0. The molecule has 4 heteroatoms. The van der Waals surface area contributed by atoms with E-state index >= 15 is 0 Å². The van der Waals surface area contributed by atoms with E-state index in [1.54, 1.807) is 6.20 Å². The smallest absolute Gasteiger partial charge is 0.177 e. The quantitative estimate of drug-likeness (QED) is 0.643. The molecule has 3 aromatic rings. The Hall–Kier alpha value is -2.49. The number of H-pyrrole nitrogens is 1. The number of fused-ring (bicyclic) bond motifs is 2. The van der Waals surface area contributed by atoms with Gasteiger partial charge in [0.15, 0.2) is 5.65 Å². The van der Waals surface area contributed by atoms with Gasteiger partial charge in [-0.2, -0.15) is 0 Å². The van der Waals surface area contributed by atoms with E-state index in [0.717, 1.165) is 29.1 Å². The monoisotopic (exact) mass is 296 g/mol. The molecule has 0 atom stereocenters. The summed E-state index contributed by atoms with van der Waals surface area (Å²) in [5.41, 5.74) is 5.53. The number of rotatable bonds is 0. The Labute approximate surface area is 132 Å². The molecule has 0 aliphatic carbocycles. The first-order valence-corrected chi connectivity index (χ1v) is 6.62. The van der Waals surface area contributed by atoms with Gasteiger partial charge in [0, 0.05) is 18.3 Å². The number of aliphatic imine (C=N–C) groups is 1. The van der Waals surface area contributed by atoms with E-state index in [0.29, 0.717) is 0 Å². The molecule has 0 amide bonds. The van der Waals surface area contributed by atoms with Gasteiger partial charge in [-0.05, 0) is 37.6 Å². The minimum Gasteiger partial charge on any atom is -0.341 e. The fraction of sp³-hybridized carbons (Fsp3) is 0.278. The van der Waals surface area contributed by atoms with Crippen LogP contribution >= 0.6 is 0 Å². The Bertz CT molecular complexity index is 738. The molecule has 0 radical (unpaired) electrons. The molecule has 1 aliphatic heterocycles. The lowest BCUT2D eigenvalue weighted by Gasteiger charge is -1.91. The summed E-state index contributed by atoms with van der Waals surface area (Å²) in [4.78, 5) is 15.7.